The monoisotopic (exact) mass is 483 g/mol. The lowest BCUT2D eigenvalue weighted by Crippen LogP contribution is -2.49. The highest BCUT2D eigenvalue weighted by molar-refractivity contribution is 6.51. The molecule has 3 aromatic carbocycles. The van der Waals surface area contributed by atoms with E-state index in [1.165, 1.54) is 6.42 Å². The first-order valence-corrected chi connectivity index (χ1v) is 12.9. The minimum absolute atomic E-state index is 0.0749. The van der Waals surface area contributed by atoms with Crippen LogP contribution in [-0.4, -0.2) is 29.6 Å². The van der Waals surface area contributed by atoms with Crippen molar-refractivity contribution in [2.24, 2.45) is 11.8 Å². The summed E-state index contributed by atoms with van der Waals surface area (Å²) in [6.45, 7) is 1.08. The van der Waals surface area contributed by atoms with Crippen LogP contribution in [-0.2, 0) is 11.2 Å². The lowest BCUT2D eigenvalue weighted by molar-refractivity contribution is -0.125. The molecule has 1 aliphatic carbocycles. The maximum absolute atomic E-state index is 13.4. The summed E-state index contributed by atoms with van der Waals surface area (Å²) in [7, 11) is 0. The Morgan fingerprint density at radius 2 is 1.64 bits per heavy atom. The van der Waals surface area contributed by atoms with Gasteiger partial charge in [0.2, 0.25) is 5.91 Å². The van der Waals surface area contributed by atoms with E-state index in [4.69, 9.17) is 4.74 Å². The Kier molecular flexibility index (Phi) is 8.96. The molecule has 3 aromatic rings. The Labute approximate surface area is 214 Å². The summed E-state index contributed by atoms with van der Waals surface area (Å²) in [6.07, 6.45) is 4.80. The zero-order valence-corrected chi connectivity index (χ0v) is 20.8. The van der Waals surface area contributed by atoms with Crippen LogP contribution in [0.1, 0.15) is 48.0 Å². The predicted octanol–water partition coefficient (Wildman–Crippen LogP) is 5.74. The topological polar surface area (TPSA) is 75.6 Å². The number of carbonyl (C=O) groups excluding carboxylic acids is 2. The van der Waals surface area contributed by atoms with Gasteiger partial charge < -0.3 is 15.1 Å². The van der Waals surface area contributed by atoms with Crippen LogP contribution in [0.2, 0.25) is 6.82 Å². The Morgan fingerprint density at radius 3 is 2.28 bits per heavy atom. The van der Waals surface area contributed by atoms with E-state index in [1.54, 1.807) is 25.0 Å². The van der Waals surface area contributed by atoms with Crippen molar-refractivity contribution < 1.29 is 19.3 Å². The Hall–Kier alpha value is -3.38. The second-order valence-electron chi connectivity index (χ2n) is 9.85. The number of hydrogen-bond donors (Lipinski definition) is 2. The van der Waals surface area contributed by atoms with E-state index in [1.807, 2.05) is 66.7 Å². The molecule has 0 aromatic heterocycles. The van der Waals surface area contributed by atoms with E-state index in [2.05, 4.69) is 5.32 Å². The second kappa shape index (κ2) is 12.5. The maximum Gasteiger partial charge on any atom is 0.308 e. The van der Waals surface area contributed by atoms with Gasteiger partial charge in [-0.05, 0) is 48.6 Å². The molecular weight excluding hydrogens is 449 g/mol. The first-order valence-electron chi connectivity index (χ1n) is 12.9. The molecule has 0 radical (unpaired) electrons. The molecule has 36 heavy (non-hydrogen) atoms. The van der Waals surface area contributed by atoms with Gasteiger partial charge in [0.25, 0.3) is 0 Å². The van der Waals surface area contributed by atoms with Gasteiger partial charge in [0.1, 0.15) is 11.5 Å². The summed E-state index contributed by atoms with van der Waals surface area (Å²) in [5.74, 6) is 0.669. The van der Waals surface area contributed by atoms with Crippen molar-refractivity contribution in [1.29, 1.82) is 0 Å². The normalized spacial score (nSPS) is 14.8. The van der Waals surface area contributed by atoms with Crippen molar-refractivity contribution in [3.8, 4) is 11.5 Å². The van der Waals surface area contributed by atoms with Crippen molar-refractivity contribution in [2.75, 3.05) is 0 Å². The molecule has 4 rings (SSSR count). The molecule has 186 valence electrons. The molecule has 2 atom stereocenters. The largest absolute Gasteiger partial charge is 0.457 e. The highest BCUT2D eigenvalue weighted by atomic mass is 16.5. The first kappa shape index (κ1) is 25.7. The lowest BCUT2D eigenvalue weighted by Gasteiger charge is -2.31. The highest BCUT2D eigenvalue weighted by Gasteiger charge is 2.31. The van der Waals surface area contributed by atoms with E-state index in [0.717, 1.165) is 24.8 Å². The molecule has 0 spiro atoms. The minimum atomic E-state index is -0.644. The van der Waals surface area contributed by atoms with Crippen LogP contribution in [0.15, 0.2) is 84.9 Å². The number of amides is 1. The summed E-state index contributed by atoms with van der Waals surface area (Å²) in [4.78, 5) is 26.7. The number of Topliss-reactive ketones (excluding diaryl/α,β-unsaturated/α-hetero) is 1. The number of benzene rings is 3. The molecule has 0 bridgehead atoms. The minimum Gasteiger partial charge on any atom is -0.457 e. The van der Waals surface area contributed by atoms with Crippen molar-refractivity contribution in [3.05, 3.63) is 96.1 Å². The van der Waals surface area contributed by atoms with Crippen LogP contribution in [0.5, 0.6) is 11.5 Å². The van der Waals surface area contributed by atoms with Crippen LogP contribution >= 0.6 is 0 Å². The van der Waals surface area contributed by atoms with Gasteiger partial charge >= 0.3 is 6.92 Å². The smallest absolute Gasteiger partial charge is 0.308 e. The molecule has 2 N–H and O–H groups in total. The van der Waals surface area contributed by atoms with Crippen molar-refractivity contribution in [1.82, 2.24) is 5.32 Å². The molecule has 0 aliphatic heterocycles. The van der Waals surface area contributed by atoms with Crippen LogP contribution < -0.4 is 10.1 Å². The highest BCUT2D eigenvalue weighted by Crippen LogP contribution is 2.31. The van der Waals surface area contributed by atoms with Crippen LogP contribution in [0.3, 0.4) is 0 Å². The first-order chi connectivity index (χ1) is 17.5. The number of carbonyl (C=O) groups is 2. The third kappa shape index (κ3) is 7.31. The Bertz CT molecular complexity index is 1130. The fraction of sp³-hybridized carbons (Fsp3) is 0.333. The Balaban J connectivity index is 1.48. The SMILES string of the molecule is CB(O)[C@H](CC1CCC1)NC(=O)[C@@H](CC(=O)c1cccc(Oc2ccccc2)c1)Cc1ccccc1. The summed E-state index contributed by atoms with van der Waals surface area (Å²) < 4.78 is 5.89. The van der Waals surface area contributed by atoms with Gasteiger partial charge in [-0.2, -0.15) is 0 Å². The van der Waals surface area contributed by atoms with Gasteiger partial charge in [-0.1, -0.05) is 86.7 Å². The number of ketones is 1. The van der Waals surface area contributed by atoms with Gasteiger partial charge in [0.15, 0.2) is 5.78 Å². The summed E-state index contributed by atoms with van der Waals surface area (Å²) in [5.41, 5.74) is 1.51. The molecule has 1 aliphatic rings. The fourth-order valence-electron chi connectivity index (χ4n) is 4.62. The van der Waals surface area contributed by atoms with Crippen LogP contribution in [0.25, 0.3) is 0 Å². The molecule has 1 fully saturated rings. The molecular formula is C30H34BNO4. The van der Waals surface area contributed by atoms with Gasteiger partial charge in [0, 0.05) is 23.8 Å². The summed E-state index contributed by atoms with van der Waals surface area (Å²) in [5, 5.41) is 13.4. The van der Waals surface area contributed by atoms with Crippen LogP contribution in [0.4, 0.5) is 0 Å². The van der Waals surface area contributed by atoms with Crippen molar-refractivity contribution in [2.45, 2.75) is 51.3 Å². The molecule has 1 amide bonds. The van der Waals surface area contributed by atoms with Crippen LogP contribution in [0, 0.1) is 11.8 Å². The zero-order valence-electron chi connectivity index (χ0n) is 20.8. The molecule has 1 saturated carbocycles. The standard InChI is InChI=1S/C30H34BNO4/c1-31(35)29(19-23-12-8-13-23)32-30(34)25(18-22-10-4-2-5-11-22)21-28(33)24-14-9-17-27(20-24)36-26-15-6-3-7-16-26/h2-7,9-11,14-17,20,23,25,29,35H,8,12-13,18-19,21H2,1H3,(H,32,34)/t25-,29+/m1/s1. The molecule has 6 heteroatoms. The third-order valence-electron chi connectivity index (χ3n) is 6.98. The van der Waals surface area contributed by atoms with Gasteiger partial charge in [-0.25, -0.2) is 0 Å². The van der Waals surface area contributed by atoms with E-state index in [9.17, 15) is 14.6 Å². The molecule has 0 saturated heterocycles. The Morgan fingerprint density at radius 1 is 0.972 bits per heavy atom. The molecule has 5 nitrogen and oxygen atoms in total. The average Bonchev–Trinajstić information content (AvgIpc) is 2.86. The summed E-state index contributed by atoms with van der Waals surface area (Å²) >= 11 is 0. The fourth-order valence-corrected chi connectivity index (χ4v) is 4.62. The average molecular weight is 483 g/mol. The zero-order chi connectivity index (χ0) is 25.3. The maximum atomic E-state index is 13.4. The number of hydrogen-bond acceptors (Lipinski definition) is 4. The van der Waals surface area contributed by atoms with Crippen molar-refractivity contribution in [3.63, 3.8) is 0 Å². The quantitative estimate of drug-likeness (QED) is 0.255. The van der Waals surface area contributed by atoms with E-state index in [0.29, 0.717) is 29.4 Å². The summed E-state index contributed by atoms with van der Waals surface area (Å²) in [6, 6.07) is 26.2. The van der Waals surface area contributed by atoms with E-state index in [-0.39, 0.29) is 24.1 Å². The number of para-hydroxylation sites is 1. The lowest BCUT2D eigenvalue weighted by atomic mass is 9.59. The van der Waals surface area contributed by atoms with Crippen molar-refractivity contribution >= 4 is 18.6 Å². The van der Waals surface area contributed by atoms with Gasteiger partial charge in [0.05, 0.1) is 0 Å². The number of nitrogens with one attached hydrogen (secondary N) is 1. The predicted molar refractivity (Wildman–Crippen MR) is 143 cm³/mol. The third-order valence-corrected chi connectivity index (χ3v) is 6.98. The van der Waals surface area contributed by atoms with Gasteiger partial charge in [-0.3, -0.25) is 9.59 Å². The second-order valence-corrected chi connectivity index (χ2v) is 9.85. The van der Waals surface area contributed by atoms with E-state index < -0.39 is 12.8 Å². The molecule has 0 unspecified atom stereocenters. The number of rotatable bonds is 12. The molecule has 0 heterocycles. The van der Waals surface area contributed by atoms with Gasteiger partial charge in [-0.15, -0.1) is 0 Å². The number of ether oxygens (including phenoxy) is 1. The van der Waals surface area contributed by atoms with E-state index >= 15 is 0 Å².